The predicted octanol–water partition coefficient (Wildman–Crippen LogP) is 2.11. The first-order chi connectivity index (χ1) is 12.3. The molecule has 0 aromatic carbocycles. The molecule has 6 nitrogen and oxygen atoms in total. The average molecular weight is 354 g/mol. The van der Waals surface area contributed by atoms with Crippen LogP contribution in [0.15, 0.2) is 46.5 Å². The standard InChI is InChI=1S/C20H22N2O4/c1-5-6-7-15-10-8-14(19(25)22(15)4)9-11-16(23)18-17(24)12-13(2)21(3)20(18)26/h5,8-12,24H,1,6-7H2,2-4H3/b11-9+. The van der Waals surface area contributed by atoms with E-state index in [1.165, 1.54) is 28.3 Å². The number of hydrogen-bond donors (Lipinski definition) is 1. The van der Waals surface area contributed by atoms with Gasteiger partial charge in [0.25, 0.3) is 11.1 Å². The van der Waals surface area contributed by atoms with Gasteiger partial charge >= 0.3 is 0 Å². The molecule has 0 bridgehead atoms. The lowest BCUT2D eigenvalue weighted by molar-refractivity contribution is 0.104. The summed E-state index contributed by atoms with van der Waals surface area (Å²) >= 11 is 0. The second-order valence-electron chi connectivity index (χ2n) is 6.08. The number of aryl methyl sites for hydroxylation is 2. The SMILES string of the molecule is C=CCCc1ccc(/C=C/C(=O)c2c(O)cc(C)n(C)c2=O)c(=O)n1C. The average Bonchev–Trinajstić information content (AvgIpc) is 2.60. The molecule has 0 spiro atoms. The summed E-state index contributed by atoms with van der Waals surface area (Å²) in [5, 5.41) is 9.94. The van der Waals surface area contributed by atoms with E-state index in [1.54, 1.807) is 26.1 Å². The number of rotatable bonds is 6. The quantitative estimate of drug-likeness (QED) is 0.489. The van der Waals surface area contributed by atoms with E-state index in [0.29, 0.717) is 17.7 Å². The molecule has 0 atom stereocenters. The van der Waals surface area contributed by atoms with Gasteiger partial charge in [0, 0.05) is 37.1 Å². The van der Waals surface area contributed by atoms with Gasteiger partial charge < -0.3 is 14.2 Å². The van der Waals surface area contributed by atoms with Gasteiger partial charge in [0.1, 0.15) is 11.3 Å². The molecular formula is C20H22N2O4. The monoisotopic (exact) mass is 354 g/mol. The zero-order chi connectivity index (χ0) is 19.4. The summed E-state index contributed by atoms with van der Waals surface area (Å²) in [6.45, 7) is 5.32. The Bertz CT molecular complexity index is 1010. The van der Waals surface area contributed by atoms with Gasteiger partial charge in [0.05, 0.1) is 0 Å². The normalized spacial score (nSPS) is 11.0. The van der Waals surface area contributed by atoms with Crippen LogP contribution in [0.1, 0.15) is 33.7 Å². The number of allylic oxidation sites excluding steroid dienone is 2. The van der Waals surface area contributed by atoms with Crippen LogP contribution in [0.25, 0.3) is 6.08 Å². The maximum Gasteiger partial charge on any atom is 0.265 e. The molecule has 26 heavy (non-hydrogen) atoms. The number of aromatic hydroxyl groups is 1. The molecule has 136 valence electrons. The molecule has 0 aliphatic rings. The van der Waals surface area contributed by atoms with Crippen LogP contribution in [0.5, 0.6) is 5.75 Å². The van der Waals surface area contributed by atoms with Crippen LogP contribution in [0.3, 0.4) is 0 Å². The molecule has 0 aliphatic carbocycles. The van der Waals surface area contributed by atoms with Crippen molar-refractivity contribution in [3.8, 4) is 5.75 Å². The minimum Gasteiger partial charge on any atom is -0.507 e. The van der Waals surface area contributed by atoms with Crippen molar-refractivity contribution in [2.45, 2.75) is 19.8 Å². The summed E-state index contributed by atoms with van der Waals surface area (Å²) in [6.07, 6.45) is 5.74. The van der Waals surface area contributed by atoms with Crippen molar-refractivity contribution in [3.63, 3.8) is 0 Å². The minimum absolute atomic E-state index is 0.239. The summed E-state index contributed by atoms with van der Waals surface area (Å²) in [7, 11) is 3.19. The lowest BCUT2D eigenvalue weighted by Gasteiger charge is -2.08. The third-order valence-corrected chi connectivity index (χ3v) is 4.35. The van der Waals surface area contributed by atoms with Gasteiger partial charge in [-0.1, -0.05) is 6.08 Å². The molecule has 1 N–H and O–H groups in total. The molecule has 2 rings (SSSR count). The van der Waals surface area contributed by atoms with E-state index in [2.05, 4.69) is 6.58 Å². The Morgan fingerprint density at radius 3 is 2.54 bits per heavy atom. The van der Waals surface area contributed by atoms with Crippen LogP contribution in [-0.4, -0.2) is 20.0 Å². The van der Waals surface area contributed by atoms with E-state index in [0.717, 1.165) is 18.2 Å². The Morgan fingerprint density at radius 2 is 1.88 bits per heavy atom. The minimum atomic E-state index is -0.652. The topological polar surface area (TPSA) is 81.3 Å². The van der Waals surface area contributed by atoms with Crippen molar-refractivity contribution in [1.29, 1.82) is 0 Å². The Kier molecular flexibility index (Phi) is 5.77. The van der Waals surface area contributed by atoms with Gasteiger partial charge in [0.2, 0.25) is 0 Å². The van der Waals surface area contributed by atoms with Crippen LogP contribution >= 0.6 is 0 Å². The zero-order valence-electron chi connectivity index (χ0n) is 15.2. The van der Waals surface area contributed by atoms with E-state index >= 15 is 0 Å². The number of nitrogens with zero attached hydrogens (tertiary/aromatic N) is 2. The third-order valence-electron chi connectivity index (χ3n) is 4.35. The van der Waals surface area contributed by atoms with Crippen molar-refractivity contribution < 1.29 is 9.90 Å². The van der Waals surface area contributed by atoms with Crippen LogP contribution in [0.4, 0.5) is 0 Å². The Hall–Kier alpha value is -3.15. The predicted molar refractivity (Wildman–Crippen MR) is 102 cm³/mol. The van der Waals surface area contributed by atoms with Crippen molar-refractivity contribution in [2.24, 2.45) is 14.1 Å². The molecule has 2 aromatic heterocycles. The molecule has 0 saturated heterocycles. The van der Waals surface area contributed by atoms with E-state index in [9.17, 15) is 19.5 Å². The maximum absolute atomic E-state index is 12.4. The summed E-state index contributed by atoms with van der Waals surface area (Å²) < 4.78 is 2.81. The Balaban J connectivity index is 2.37. The van der Waals surface area contributed by atoms with Gasteiger partial charge in [-0.15, -0.1) is 6.58 Å². The fraction of sp³-hybridized carbons (Fsp3) is 0.250. The summed E-state index contributed by atoms with van der Waals surface area (Å²) in [5.74, 6) is -1.02. The fourth-order valence-electron chi connectivity index (χ4n) is 2.61. The van der Waals surface area contributed by atoms with Gasteiger partial charge in [-0.2, -0.15) is 0 Å². The van der Waals surface area contributed by atoms with Gasteiger partial charge in [-0.25, -0.2) is 0 Å². The van der Waals surface area contributed by atoms with Crippen LogP contribution < -0.4 is 11.1 Å². The highest BCUT2D eigenvalue weighted by Gasteiger charge is 2.16. The number of carbonyl (C=O) groups is 1. The summed E-state index contributed by atoms with van der Waals surface area (Å²) in [5.41, 5.74) is 0.599. The first-order valence-electron chi connectivity index (χ1n) is 8.19. The van der Waals surface area contributed by atoms with Crippen LogP contribution in [0, 0.1) is 6.92 Å². The van der Waals surface area contributed by atoms with Gasteiger partial charge in [0.15, 0.2) is 5.78 Å². The largest absolute Gasteiger partial charge is 0.507 e. The summed E-state index contributed by atoms with van der Waals surface area (Å²) in [6, 6.07) is 4.81. The molecule has 0 aliphatic heterocycles. The van der Waals surface area contributed by atoms with Crippen molar-refractivity contribution >= 4 is 11.9 Å². The fourth-order valence-corrected chi connectivity index (χ4v) is 2.61. The molecule has 6 heteroatoms. The van der Waals surface area contributed by atoms with Crippen LogP contribution in [0.2, 0.25) is 0 Å². The summed E-state index contributed by atoms with van der Waals surface area (Å²) in [4.78, 5) is 36.9. The first kappa shape index (κ1) is 19.2. The molecule has 0 radical (unpaired) electrons. The number of aromatic nitrogens is 2. The molecule has 0 unspecified atom stereocenters. The van der Waals surface area contributed by atoms with Crippen molar-refractivity contribution in [3.05, 3.63) is 80.2 Å². The molecule has 0 saturated carbocycles. The molecule has 0 fully saturated rings. The number of ketones is 1. The smallest absolute Gasteiger partial charge is 0.265 e. The Labute approximate surface area is 151 Å². The second kappa shape index (κ2) is 7.82. The molecule has 2 heterocycles. The first-order valence-corrected chi connectivity index (χ1v) is 8.19. The zero-order valence-corrected chi connectivity index (χ0v) is 15.2. The van der Waals surface area contributed by atoms with Crippen LogP contribution in [-0.2, 0) is 20.5 Å². The number of carbonyl (C=O) groups excluding carboxylic acids is 1. The number of pyridine rings is 2. The van der Waals surface area contributed by atoms with E-state index in [-0.39, 0.29) is 16.9 Å². The van der Waals surface area contributed by atoms with Gasteiger partial charge in [-0.05, 0) is 44.1 Å². The Morgan fingerprint density at radius 1 is 1.19 bits per heavy atom. The highest BCUT2D eigenvalue weighted by molar-refractivity contribution is 6.08. The highest BCUT2D eigenvalue weighted by atomic mass is 16.3. The second-order valence-corrected chi connectivity index (χ2v) is 6.08. The molecule has 0 amide bonds. The molecular weight excluding hydrogens is 332 g/mol. The number of hydrogen-bond acceptors (Lipinski definition) is 4. The lowest BCUT2D eigenvalue weighted by atomic mass is 10.1. The lowest BCUT2D eigenvalue weighted by Crippen LogP contribution is -2.25. The van der Waals surface area contributed by atoms with Crippen molar-refractivity contribution in [2.75, 3.05) is 0 Å². The van der Waals surface area contributed by atoms with E-state index < -0.39 is 11.3 Å². The highest BCUT2D eigenvalue weighted by Crippen LogP contribution is 2.15. The maximum atomic E-state index is 12.4. The van der Waals surface area contributed by atoms with E-state index in [4.69, 9.17) is 0 Å². The van der Waals surface area contributed by atoms with E-state index in [1.807, 2.05) is 6.07 Å². The third kappa shape index (κ3) is 3.74. The van der Waals surface area contributed by atoms with Crippen molar-refractivity contribution in [1.82, 2.24) is 9.13 Å². The molecule has 2 aromatic rings. The van der Waals surface area contributed by atoms with Gasteiger partial charge in [-0.3, -0.25) is 14.4 Å².